The lowest BCUT2D eigenvalue weighted by Gasteiger charge is -2.32. The summed E-state index contributed by atoms with van der Waals surface area (Å²) < 4.78 is 5.10. The highest BCUT2D eigenvalue weighted by Gasteiger charge is 2.31. The summed E-state index contributed by atoms with van der Waals surface area (Å²) in [7, 11) is 1.65. The van der Waals surface area contributed by atoms with Crippen LogP contribution in [0, 0.1) is 0 Å². The number of thioether (sulfide) groups is 1. The number of rotatable bonds is 2. The van der Waals surface area contributed by atoms with Gasteiger partial charge >= 0.3 is 0 Å². The Labute approximate surface area is 94.6 Å². The van der Waals surface area contributed by atoms with E-state index in [1.807, 2.05) is 36.0 Å². The van der Waals surface area contributed by atoms with Crippen LogP contribution in [0.1, 0.15) is 18.4 Å². The third-order valence-electron chi connectivity index (χ3n) is 2.85. The Balaban J connectivity index is 2.20. The van der Waals surface area contributed by atoms with Gasteiger partial charge in [-0.2, -0.15) is 11.8 Å². The molecular formula is C12H16O2S. The first-order chi connectivity index (χ1) is 7.24. The van der Waals surface area contributed by atoms with Crippen molar-refractivity contribution < 1.29 is 9.84 Å². The number of aliphatic hydroxyl groups is 1. The summed E-state index contributed by atoms with van der Waals surface area (Å²) in [5.41, 5.74) is 0.380. The van der Waals surface area contributed by atoms with Gasteiger partial charge in [0.05, 0.1) is 12.7 Å². The molecule has 1 saturated heterocycles. The molecule has 0 spiro atoms. The van der Waals surface area contributed by atoms with Gasteiger partial charge in [-0.15, -0.1) is 0 Å². The predicted octanol–water partition coefficient (Wildman–Crippen LogP) is 2.41. The molecule has 0 radical (unpaired) electrons. The molecule has 15 heavy (non-hydrogen) atoms. The highest BCUT2D eigenvalue weighted by molar-refractivity contribution is 7.99. The van der Waals surface area contributed by atoms with E-state index in [0.717, 1.165) is 29.9 Å². The minimum absolute atomic E-state index is 0.630. The van der Waals surface area contributed by atoms with E-state index in [4.69, 9.17) is 4.74 Å². The Morgan fingerprint density at radius 2 is 2.07 bits per heavy atom. The molecule has 0 bridgehead atoms. The third kappa shape index (κ3) is 2.29. The number of methoxy groups -OCH3 is 1. The summed E-state index contributed by atoms with van der Waals surface area (Å²) >= 11 is 1.83. The summed E-state index contributed by atoms with van der Waals surface area (Å²) in [5, 5.41) is 10.4. The first-order valence-corrected chi connectivity index (χ1v) is 6.35. The van der Waals surface area contributed by atoms with Gasteiger partial charge in [0.15, 0.2) is 0 Å². The molecule has 82 valence electrons. The molecule has 1 aliphatic rings. The van der Waals surface area contributed by atoms with Gasteiger partial charge < -0.3 is 9.84 Å². The van der Waals surface area contributed by atoms with Gasteiger partial charge in [0.25, 0.3) is 0 Å². The number of ether oxygens (including phenoxy) is 1. The van der Waals surface area contributed by atoms with Crippen LogP contribution in [0.15, 0.2) is 24.3 Å². The Hall–Kier alpha value is -0.670. The van der Waals surface area contributed by atoms with Crippen molar-refractivity contribution in [2.24, 2.45) is 0 Å². The summed E-state index contributed by atoms with van der Waals surface area (Å²) in [5.74, 6) is 2.81. The molecule has 0 aliphatic carbocycles. The third-order valence-corrected chi connectivity index (χ3v) is 4.11. The van der Waals surface area contributed by atoms with Crippen molar-refractivity contribution in [3.63, 3.8) is 0 Å². The molecule has 1 fully saturated rings. The Kier molecular flexibility index (Phi) is 3.22. The van der Waals surface area contributed by atoms with Crippen LogP contribution >= 0.6 is 11.8 Å². The highest BCUT2D eigenvalue weighted by atomic mass is 32.2. The summed E-state index contributed by atoms with van der Waals surface area (Å²) in [6.07, 6.45) is 1.96. The SMILES string of the molecule is COc1ccc([C@@]2(O)CCCSC2)cc1. The molecule has 1 aromatic rings. The van der Waals surface area contributed by atoms with E-state index in [-0.39, 0.29) is 0 Å². The maximum atomic E-state index is 10.4. The molecule has 2 nitrogen and oxygen atoms in total. The molecule has 0 aromatic heterocycles. The zero-order valence-electron chi connectivity index (χ0n) is 8.90. The van der Waals surface area contributed by atoms with Crippen LogP contribution in [-0.2, 0) is 5.60 Å². The topological polar surface area (TPSA) is 29.5 Å². The van der Waals surface area contributed by atoms with Crippen molar-refractivity contribution in [1.29, 1.82) is 0 Å². The number of hydrogen-bond donors (Lipinski definition) is 1. The van der Waals surface area contributed by atoms with Crippen LogP contribution in [0.4, 0.5) is 0 Å². The highest BCUT2D eigenvalue weighted by Crippen LogP contribution is 2.35. The minimum Gasteiger partial charge on any atom is -0.497 e. The van der Waals surface area contributed by atoms with Crippen LogP contribution in [-0.4, -0.2) is 23.7 Å². The van der Waals surface area contributed by atoms with Crippen LogP contribution in [0.3, 0.4) is 0 Å². The van der Waals surface area contributed by atoms with Gasteiger partial charge in [-0.25, -0.2) is 0 Å². The normalized spacial score (nSPS) is 26.3. The van der Waals surface area contributed by atoms with E-state index in [1.54, 1.807) is 7.11 Å². The van der Waals surface area contributed by atoms with E-state index in [2.05, 4.69) is 0 Å². The minimum atomic E-state index is -0.630. The Bertz CT molecular complexity index is 315. The second-order valence-corrected chi connectivity index (χ2v) is 5.02. The maximum Gasteiger partial charge on any atom is 0.118 e. The second kappa shape index (κ2) is 4.45. The predicted molar refractivity (Wildman–Crippen MR) is 63.4 cm³/mol. The van der Waals surface area contributed by atoms with Crippen LogP contribution in [0.2, 0.25) is 0 Å². The molecule has 0 amide bonds. The molecule has 1 aliphatic heterocycles. The van der Waals surface area contributed by atoms with Crippen molar-refractivity contribution in [2.75, 3.05) is 18.6 Å². The molecule has 1 heterocycles. The van der Waals surface area contributed by atoms with Crippen molar-refractivity contribution in [2.45, 2.75) is 18.4 Å². The fourth-order valence-corrected chi connectivity index (χ4v) is 3.05. The van der Waals surface area contributed by atoms with Crippen molar-refractivity contribution in [1.82, 2.24) is 0 Å². The number of benzene rings is 1. The van der Waals surface area contributed by atoms with Crippen molar-refractivity contribution >= 4 is 11.8 Å². The monoisotopic (exact) mass is 224 g/mol. The molecule has 1 aromatic carbocycles. The van der Waals surface area contributed by atoms with Gasteiger partial charge in [-0.05, 0) is 36.3 Å². The standard InChI is InChI=1S/C12H16O2S/c1-14-11-5-3-10(4-6-11)12(13)7-2-8-15-9-12/h3-6,13H,2,7-9H2,1H3/t12-/m1/s1. The van der Waals surface area contributed by atoms with Crippen LogP contribution in [0.5, 0.6) is 5.75 Å². The van der Waals surface area contributed by atoms with Gasteiger partial charge in [0.1, 0.15) is 5.75 Å². The van der Waals surface area contributed by atoms with Gasteiger partial charge in [0, 0.05) is 5.75 Å². The molecule has 3 heteroatoms. The van der Waals surface area contributed by atoms with E-state index in [0.29, 0.717) is 0 Å². The number of hydrogen-bond acceptors (Lipinski definition) is 3. The lowest BCUT2D eigenvalue weighted by atomic mass is 9.91. The van der Waals surface area contributed by atoms with Gasteiger partial charge in [-0.3, -0.25) is 0 Å². The molecule has 1 atom stereocenters. The van der Waals surface area contributed by atoms with E-state index >= 15 is 0 Å². The Morgan fingerprint density at radius 1 is 1.33 bits per heavy atom. The lowest BCUT2D eigenvalue weighted by Crippen LogP contribution is -2.31. The summed E-state index contributed by atoms with van der Waals surface area (Å²) in [4.78, 5) is 0. The fourth-order valence-electron chi connectivity index (χ4n) is 1.91. The van der Waals surface area contributed by atoms with Crippen molar-refractivity contribution in [3.8, 4) is 5.75 Å². The molecule has 1 N–H and O–H groups in total. The molecule has 2 rings (SSSR count). The van der Waals surface area contributed by atoms with E-state index in [1.165, 1.54) is 5.75 Å². The van der Waals surface area contributed by atoms with Gasteiger partial charge in [0.2, 0.25) is 0 Å². The first-order valence-electron chi connectivity index (χ1n) is 5.19. The molecule has 0 unspecified atom stereocenters. The average Bonchev–Trinajstić information content (AvgIpc) is 2.30. The average molecular weight is 224 g/mol. The van der Waals surface area contributed by atoms with E-state index in [9.17, 15) is 5.11 Å². The largest absolute Gasteiger partial charge is 0.497 e. The fraction of sp³-hybridized carbons (Fsp3) is 0.500. The maximum absolute atomic E-state index is 10.4. The summed E-state index contributed by atoms with van der Waals surface area (Å²) in [6, 6.07) is 7.74. The smallest absolute Gasteiger partial charge is 0.118 e. The van der Waals surface area contributed by atoms with Gasteiger partial charge in [-0.1, -0.05) is 12.1 Å². The van der Waals surface area contributed by atoms with Crippen molar-refractivity contribution in [3.05, 3.63) is 29.8 Å². The zero-order chi connectivity index (χ0) is 10.7. The molecule has 0 saturated carbocycles. The summed E-state index contributed by atoms with van der Waals surface area (Å²) in [6.45, 7) is 0. The van der Waals surface area contributed by atoms with E-state index < -0.39 is 5.60 Å². The Morgan fingerprint density at radius 3 is 2.60 bits per heavy atom. The zero-order valence-corrected chi connectivity index (χ0v) is 9.72. The van der Waals surface area contributed by atoms with Crippen LogP contribution < -0.4 is 4.74 Å². The first kappa shape index (κ1) is 10.8. The van der Waals surface area contributed by atoms with Crippen LogP contribution in [0.25, 0.3) is 0 Å². The quantitative estimate of drug-likeness (QED) is 0.836. The molecular weight excluding hydrogens is 208 g/mol. The lowest BCUT2D eigenvalue weighted by molar-refractivity contribution is 0.0495. The second-order valence-electron chi connectivity index (χ2n) is 3.92.